The second-order valence-corrected chi connectivity index (χ2v) is 2.95. The maximum absolute atomic E-state index is 5.88. The normalized spacial score (nSPS) is 13.8. The molecule has 0 atom stereocenters. The van der Waals surface area contributed by atoms with Crippen LogP contribution in [0.3, 0.4) is 0 Å². The van der Waals surface area contributed by atoms with Gasteiger partial charge in [-0.05, 0) is 6.92 Å². The van der Waals surface area contributed by atoms with Gasteiger partial charge in [-0.25, -0.2) is 9.97 Å². The Hall–Kier alpha value is -0.670. The summed E-state index contributed by atoms with van der Waals surface area (Å²) in [7, 11) is 0. The molecule has 4 heteroatoms. The molecule has 0 spiro atoms. The predicted octanol–water partition coefficient (Wildman–Crippen LogP) is 1.68. The van der Waals surface area contributed by atoms with Crippen molar-refractivity contribution < 1.29 is 0 Å². The zero-order valence-corrected chi connectivity index (χ0v) is 6.94. The molecule has 0 saturated carbocycles. The molecule has 1 aliphatic heterocycles. The smallest absolute Gasteiger partial charge is 0.137 e. The molecule has 1 N–H and O–H groups in total. The first-order valence-electron chi connectivity index (χ1n) is 3.50. The van der Waals surface area contributed by atoms with E-state index in [1.807, 2.05) is 6.92 Å². The van der Waals surface area contributed by atoms with Gasteiger partial charge in [-0.2, -0.15) is 0 Å². The lowest BCUT2D eigenvalue weighted by atomic mass is 10.3. The summed E-state index contributed by atoms with van der Waals surface area (Å²) < 4.78 is 0. The molecular formula is C8H12ClN3. The van der Waals surface area contributed by atoms with Crippen molar-refractivity contribution >= 4 is 11.6 Å². The number of hydrogen-bond acceptors (Lipinski definition) is 3. The number of fused-ring (bicyclic) bond motifs is 1. The van der Waals surface area contributed by atoms with Crippen LogP contribution in [0.2, 0.25) is 5.15 Å². The molecule has 0 radical (unpaired) electrons. The molecule has 1 aromatic rings. The van der Waals surface area contributed by atoms with E-state index in [9.17, 15) is 0 Å². The number of hydrogen-bond donors (Lipinski definition) is 1. The van der Waals surface area contributed by atoms with Crippen LogP contribution < -0.4 is 5.32 Å². The number of nitrogens with one attached hydrogen (secondary N) is 1. The van der Waals surface area contributed by atoms with Gasteiger partial charge in [-0.1, -0.05) is 19.0 Å². The Bertz CT molecular complexity index is 299. The quantitative estimate of drug-likeness (QED) is 0.625. The van der Waals surface area contributed by atoms with E-state index < -0.39 is 0 Å². The highest BCUT2D eigenvalue weighted by molar-refractivity contribution is 6.30. The molecule has 1 aliphatic rings. The van der Waals surface area contributed by atoms with E-state index in [1.165, 1.54) is 0 Å². The number of aromatic nitrogens is 2. The van der Waals surface area contributed by atoms with Crippen LogP contribution in [-0.4, -0.2) is 9.97 Å². The van der Waals surface area contributed by atoms with Gasteiger partial charge < -0.3 is 5.32 Å². The lowest BCUT2D eigenvalue weighted by Gasteiger charge is -1.99. The molecule has 1 aromatic heterocycles. The molecule has 0 aromatic carbocycles. The molecule has 3 nitrogen and oxygen atoms in total. The van der Waals surface area contributed by atoms with Gasteiger partial charge in [0.1, 0.15) is 11.0 Å². The fourth-order valence-electron chi connectivity index (χ4n) is 1.24. The zero-order valence-electron chi connectivity index (χ0n) is 6.19. The molecule has 12 heavy (non-hydrogen) atoms. The van der Waals surface area contributed by atoms with Crippen molar-refractivity contribution in [3.8, 4) is 0 Å². The molecular weight excluding hydrogens is 174 g/mol. The van der Waals surface area contributed by atoms with Gasteiger partial charge in [0.05, 0.1) is 5.69 Å². The third-order valence-corrected chi connectivity index (χ3v) is 2.06. The monoisotopic (exact) mass is 185 g/mol. The minimum absolute atomic E-state index is 0. The van der Waals surface area contributed by atoms with E-state index in [2.05, 4.69) is 15.3 Å². The molecule has 2 rings (SSSR count). The summed E-state index contributed by atoms with van der Waals surface area (Å²) >= 11 is 5.88. The Labute approximate surface area is 77.2 Å². The second kappa shape index (κ2) is 3.37. The highest BCUT2D eigenvalue weighted by atomic mass is 35.5. The Balaban J connectivity index is 0.000000720. The van der Waals surface area contributed by atoms with Crippen molar-refractivity contribution in [1.29, 1.82) is 0 Å². The zero-order chi connectivity index (χ0) is 7.84. The molecule has 0 unspecified atom stereocenters. The predicted molar refractivity (Wildman–Crippen MR) is 49.1 cm³/mol. The summed E-state index contributed by atoms with van der Waals surface area (Å²) in [5.41, 5.74) is 2.10. The SMILES string of the molecule is C.Cc1nc(Cl)c2c(n1)CNC2. The summed E-state index contributed by atoms with van der Waals surface area (Å²) in [5.74, 6) is 0.748. The summed E-state index contributed by atoms with van der Waals surface area (Å²) in [5, 5.41) is 3.76. The van der Waals surface area contributed by atoms with E-state index in [-0.39, 0.29) is 7.43 Å². The lowest BCUT2D eigenvalue weighted by molar-refractivity contribution is 0.757. The van der Waals surface area contributed by atoms with Crippen molar-refractivity contribution in [3.05, 3.63) is 22.2 Å². The van der Waals surface area contributed by atoms with Gasteiger partial charge in [0.2, 0.25) is 0 Å². The highest BCUT2D eigenvalue weighted by Crippen LogP contribution is 2.20. The van der Waals surface area contributed by atoms with Gasteiger partial charge >= 0.3 is 0 Å². The largest absolute Gasteiger partial charge is 0.307 e. The van der Waals surface area contributed by atoms with Crippen LogP contribution in [0.15, 0.2) is 0 Å². The fraction of sp³-hybridized carbons (Fsp3) is 0.500. The second-order valence-electron chi connectivity index (χ2n) is 2.59. The Kier molecular flexibility index (Phi) is 2.65. The van der Waals surface area contributed by atoms with Crippen LogP contribution in [-0.2, 0) is 13.1 Å². The minimum atomic E-state index is 0. The van der Waals surface area contributed by atoms with Crippen molar-refractivity contribution in [2.75, 3.05) is 0 Å². The first kappa shape index (κ1) is 9.42. The first-order valence-corrected chi connectivity index (χ1v) is 3.88. The summed E-state index contributed by atoms with van der Waals surface area (Å²) in [6.07, 6.45) is 0. The van der Waals surface area contributed by atoms with Gasteiger partial charge in [0.25, 0.3) is 0 Å². The van der Waals surface area contributed by atoms with Crippen LogP contribution in [0.1, 0.15) is 24.5 Å². The molecule has 0 aliphatic carbocycles. The van der Waals surface area contributed by atoms with E-state index in [0.29, 0.717) is 5.15 Å². The van der Waals surface area contributed by atoms with E-state index in [0.717, 1.165) is 30.2 Å². The molecule has 0 amide bonds. The van der Waals surface area contributed by atoms with Crippen LogP contribution in [0.4, 0.5) is 0 Å². The number of halogens is 1. The van der Waals surface area contributed by atoms with E-state index >= 15 is 0 Å². The summed E-state index contributed by atoms with van der Waals surface area (Å²) in [6, 6.07) is 0. The third-order valence-electron chi connectivity index (χ3n) is 1.75. The number of rotatable bonds is 0. The molecule has 66 valence electrons. The van der Waals surface area contributed by atoms with Crippen LogP contribution in [0, 0.1) is 6.92 Å². The topological polar surface area (TPSA) is 37.8 Å². The van der Waals surface area contributed by atoms with E-state index in [1.54, 1.807) is 0 Å². The van der Waals surface area contributed by atoms with Crippen LogP contribution in [0.5, 0.6) is 0 Å². The lowest BCUT2D eigenvalue weighted by Crippen LogP contribution is -2.00. The van der Waals surface area contributed by atoms with Crippen LogP contribution in [0.25, 0.3) is 0 Å². The Morgan fingerprint density at radius 3 is 2.83 bits per heavy atom. The maximum atomic E-state index is 5.88. The van der Waals surface area contributed by atoms with Gasteiger partial charge in [-0.3, -0.25) is 0 Å². The molecule has 0 saturated heterocycles. The highest BCUT2D eigenvalue weighted by Gasteiger charge is 2.15. The average molecular weight is 186 g/mol. The molecule has 0 bridgehead atoms. The fourth-order valence-corrected chi connectivity index (χ4v) is 1.54. The van der Waals surface area contributed by atoms with Gasteiger partial charge in [0.15, 0.2) is 0 Å². The maximum Gasteiger partial charge on any atom is 0.137 e. The summed E-state index contributed by atoms with van der Waals surface area (Å²) in [4.78, 5) is 8.32. The van der Waals surface area contributed by atoms with Crippen molar-refractivity contribution in [1.82, 2.24) is 15.3 Å². The van der Waals surface area contributed by atoms with E-state index in [4.69, 9.17) is 11.6 Å². The molecule has 2 heterocycles. The van der Waals surface area contributed by atoms with Crippen LogP contribution >= 0.6 is 11.6 Å². The third kappa shape index (κ3) is 1.42. The Morgan fingerprint density at radius 2 is 2.08 bits per heavy atom. The van der Waals surface area contributed by atoms with Crippen molar-refractivity contribution in [2.24, 2.45) is 0 Å². The first-order chi connectivity index (χ1) is 5.27. The van der Waals surface area contributed by atoms with Gasteiger partial charge in [-0.15, -0.1) is 0 Å². The summed E-state index contributed by atoms with van der Waals surface area (Å²) in [6.45, 7) is 3.47. The number of aryl methyl sites for hydroxylation is 1. The van der Waals surface area contributed by atoms with Crippen molar-refractivity contribution in [2.45, 2.75) is 27.4 Å². The van der Waals surface area contributed by atoms with Gasteiger partial charge in [0, 0.05) is 18.7 Å². The standard InChI is InChI=1S/C7H8ClN3.CH4/c1-4-10-6-3-9-2-5(6)7(8)11-4;/h9H,2-3H2,1H3;1H4. The molecule has 0 fully saturated rings. The Morgan fingerprint density at radius 1 is 1.33 bits per heavy atom. The minimum Gasteiger partial charge on any atom is -0.307 e. The number of nitrogens with zero attached hydrogens (tertiary/aromatic N) is 2. The average Bonchev–Trinajstić information content (AvgIpc) is 2.34. The van der Waals surface area contributed by atoms with Crippen molar-refractivity contribution in [3.63, 3.8) is 0 Å².